The maximum absolute atomic E-state index is 11.9. The molecule has 1 atom stereocenters. The molecular weight excluding hydrogens is 228 g/mol. The molecule has 94 valence electrons. The molecule has 0 spiro atoms. The number of primary amides is 1. The van der Waals surface area contributed by atoms with Gasteiger partial charge < -0.3 is 11.1 Å². The van der Waals surface area contributed by atoms with Crippen molar-refractivity contribution in [3.63, 3.8) is 0 Å². The summed E-state index contributed by atoms with van der Waals surface area (Å²) in [5.41, 5.74) is 5.25. The summed E-state index contributed by atoms with van der Waals surface area (Å²) in [7, 11) is 0. The first kappa shape index (κ1) is 13.8. The van der Waals surface area contributed by atoms with Gasteiger partial charge in [-0.15, -0.1) is 6.42 Å². The molecule has 4 nitrogen and oxygen atoms in total. The summed E-state index contributed by atoms with van der Waals surface area (Å²) in [5, 5.41) is 2.77. The highest BCUT2D eigenvalue weighted by Crippen LogP contribution is 2.10. The molecule has 0 aliphatic heterocycles. The molecule has 0 aliphatic carbocycles. The van der Waals surface area contributed by atoms with E-state index in [-0.39, 0.29) is 5.91 Å². The number of nitrogens with two attached hydrogens (primary N) is 1. The second kappa shape index (κ2) is 5.37. The Labute approximate surface area is 107 Å². The van der Waals surface area contributed by atoms with Crippen LogP contribution in [0.4, 0.5) is 0 Å². The number of carbonyl (C=O) groups is 2. The van der Waals surface area contributed by atoms with Crippen LogP contribution in [0.25, 0.3) is 0 Å². The van der Waals surface area contributed by atoms with Gasteiger partial charge in [0.25, 0.3) is 5.91 Å². The third-order valence-electron chi connectivity index (χ3n) is 2.85. The summed E-state index contributed by atoms with van der Waals surface area (Å²) in [6.45, 7) is 3.68. The molecule has 1 aromatic rings. The zero-order valence-corrected chi connectivity index (χ0v) is 10.5. The molecule has 0 aliphatic rings. The van der Waals surface area contributed by atoms with Crippen LogP contribution in [0.15, 0.2) is 24.3 Å². The minimum absolute atomic E-state index is 0.270. The molecule has 0 saturated carbocycles. The van der Waals surface area contributed by atoms with Gasteiger partial charge in [0, 0.05) is 11.1 Å². The first-order valence-corrected chi connectivity index (χ1v) is 5.62. The maximum Gasteiger partial charge on any atom is 0.252 e. The number of amides is 2. The number of hydrogen-bond donors (Lipinski definition) is 2. The van der Waals surface area contributed by atoms with E-state index in [9.17, 15) is 9.59 Å². The van der Waals surface area contributed by atoms with Crippen LogP contribution in [0, 0.1) is 12.3 Å². The van der Waals surface area contributed by atoms with Crippen molar-refractivity contribution < 1.29 is 9.59 Å². The lowest BCUT2D eigenvalue weighted by Crippen LogP contribution is -2.44. The van der Waals surface area contributed by atoms with Crippen LogP contribution in [0.5, 0.6) is 0 Å². The van der Waals surface area contributed by atoms with Crippen molar-refractivity contribution >= 4 is 11.8 Å². The van der Waals surface area contributed by atoms with E-state index in [1.165, 1.54) is 12.1 Å². The van der Waals surface area contributed by atoms with Crippen molar-refractivity contribution in [3.8, 4) is 12.3 Å². The second-order valence-electron chi connectivity index (χ2n) is 4.23. The average molecular weight is 244 g/mol. The number of rotatable bonds is 4. The van der Waals surface area contributed by atoms with Gasteiger partial charge in [0.2, 0.25) is 5.91 Å². The van der Waals surface area contributed by atoms with Crippen molar-refractivity contribution in [2.24, 2.45) is 5.73 Å². The fraction of sp³-hybridized carbons (Fsp3) is 0.286. The quantitative estimate of drug-likeness (QED) is 0.784. The fourth-order valence-corrected chi connectivity index (χ4v) is 1.34. The first-order chi connectivity index (χ1) is 8.41. The zero-order valence-electron chi connectivity index (χ0n) is 10.5. The van der Waals surface area contributed by atoms with E-state index in [0.717, 1.165) is 0 Å². The Morgan fingerprint density at radius 1 is 1.33 bits per heavy atom. The first-order valence-electron chi connectivity index (χ1n) is 5.62. The number of benzene rings is 1. The molecule has 0 bridgehead atoms. The second-order valence-corrected chi connectivity index (χ2v) is 4.23. The largest absolute Gasteiger partial charge is 0.366 e. The molecule has 0 aromatic heterocycles. The highest BCUT2D eigenvalue weighted by atomic mass is 16.2. The number of terminal acetylenes is 1. The van der Waals surface area contributed by atoms with E-state index < -0.39 is 11.4 Å². The SMILES string of the molecule is C#CC(C)(CC)NC(=O)c1ccc(C(N)=O)cc1. The molecule has 1 unspecified atom stereocenters. The molecule has 2 amide bonds. The topological polar surface area (TPSA) is 72.2 Å². The van der Waals surface area contributed by atoms with Crippen molar-refractivity contribution in [1.82, 2.24) is 5.32 Å². The molecule has 1 aromatic carbocycles. The minimum atomic E-state index is -0.667. The van der Waals surface area contributed by atoms with Gasteiger partial charge in [-0.3, -0.25) is 9.59 Å². The van der Waals surface area contributed by atoms with E-state index in [4.69, 9.17) is 12.2 Å². The van der Waals surface area contributed by atoms with Gasteiger partial charge in [-0.25, -0.2) is 0 Å². The van der Waals surface area contributed by atoms with E-state index in [2.05, 4.69) is 11.2 Å². The summed E-state index contributed by atoms with van der Waals surface area (Å²) in [6, 6.07) is 6.11. The number of carbonyl (C=O) groups excluding carboxylic acids is 2. The van der Waals surface area contributed by atoms with Gasteiger partial charge >= 0.3 is 0 Å². The van der Waals surface area contributed by atoms with Crippen LogP contribution < -0.4 is 11.1 Å². The average Bonchev–Trinajstić information content (AvgIpc) is 2.38. The Kier molecular flexibility index (Phi) is 4.11. The Balaban J connectivity index is 2.86. The van der Waals surface area contributed by atoms with Crippen LogP contribution in [0.1, 0.15) is 41.0 Å². The minimum Gasteiger partial charge on any atom is -0.366 e. The fourth-order valence-electron chi connectivity index (χ4n) is 1.34. The molecule has 0 saturated heterocycles. The molecule has 4 heteroatoms. The summed E-state index contributed by atoms with van der Waals surface area (Å²) < 4.78 is 0. The van der Waals surface area contributed by atoms with Crippen molar-refractivity contribution in [1.29, 1.82) is 0 Å². The monoisotopic (exact) mass is 244 g/mol. The third kappa shape index (κ3) is 3.11. The van der Waals surface area contributed by atoms with Crippen molar-refractivity contribution in [2.75, 3.05) is 0 Å². The summed E-state index contributed by atoms with van der Waals surface area (Å²) in [4.78, 5) is 22.8. The predicted molar refractivity (Wildman–Crippen MR) is 70.0 cm³/mol. The lowest BCUT2D eigenvalue weighted by Gasteiger charge is -2.23. The smallest absolute Gasteiger partial charge is 0.252 e. The Morgan fingerprint density at radius 3 is 2.22 bits per heavy atom. The highest BCUT2D eigenvalue weighted by molar-refractivity contribution is 5.97. The number of nitrogens with one attached hydrogen (secondary N) is 1. The van der Waals surface area contributed by atoms with Gasteiger partial charge in [0.1, 0.15) is 0 Å². The highest BCUT2D eigenvalue weighted by Gasteiger charge is 2.21. The number of hydrogen-bond acceptors (Lipinski definition) is 2. The van der Waals surface area contributed by atoms with Gasteiger partial charge in [0.05, 0.1) is 5.54 Å². The molecule has 0 fully saturated rings. The molecule has 18 heavy (non-hydrogen) atoms. The van der Waals surface area contributed by atoms with Crippen LogP contribution in [0.3, 0.4) is 0 Å². The van der Waals surface area contributed by atoms with Crippen molar-refractivity contribution in [3.05, 3.63) is 35.4 Å². The van der Waals surface area contributed by atoms with E-state index in [1.807, 2.05) is 6.92 Å². The normalized spacial score (nSPS) is 13.2. The van der Waals surface area contributed by atoms with Crippen molar-refractivity contribution in [2.45, 2.75) is 25.8 Å². The zero-order chi connectivity index (χ0) is 13.8. The third-order valence-corrected chi connectivity index (χ3v) is 2.85. The molecule has 3 N–H and O–H groups in total. The van der Waals surface area contributed by atoms with E-state index in [1.54, 1.807) is 19.1 Å². The summed E-state index contributed by atoms with van der Waals surface area (Å²) in [6.07, 6.45) is 6.02. The van der Waals surface area contributed by atoms with E-state index >= 15 is 0 Å². The molecule has 0 radical (unpaired) electrons. The van der Waals surface area contributed by atoms with Gasteiger partial charge in [-0.2, -0.15) is 0 Å². The van der Waals surface area contributed by atoms with Crippen LogP contribution in [0.2, 0.25) is 0 Å². The summed E-state index contributed by atoms with van der Waals surface area (Å²) in [5.74, 6) is 1.76. The predicted octanol–water partition coefficient (Wildman–Crippen LogP) is 1.32. The van der Waals surface area contributed by atoms with Crippen LogP contribution in [-0.4, -0.2) is 17.4 Å². The van der Waals surface area contributed by atoms with Gasteiger partial charge in [0.15, 0.2) is 0 Å². The molecule has 0 heterocycles. The van der Waals surface area contributed by atoms with Crippen LogP contribution >= 0.6 is 0 Å². The lowest BCUT2D eigenvalue weighted by molar-refractivity contribution is 0.0922. The maximum atomic E-state index is 11.9. The van der Waals surface area contributed by atoms with Crippen LogP contribution in [-0.2, 0) is 0 Å². The Hall–Kier alpha value is -2.28. The lowest BCUT2D eigenvalue weighted by atomic mass is 9.99. The molecule has 1 rings (SSSR count). The van der Waals surface area contributed by atoms with Gasteiger partial charge in [-0.05, 0) is 37.6 Å². The molecular formula is C14H16N2O2. The standard InChI is InChI=1S/C14H16N2O2/c1-4-14(3,5-2)16-13(18)11-8-6-10(7-9-11)12(15)17/h1,6-9H,5H2,2-3H3,(H2,15,17)(H,16,18). The Bertz CT molecular complexity index is 500. The summed E-state index contributed by atoms with van der Waals surface area (Å²) >= 11 is 0. The van der Waals surface area contributed by atoms with Gasteiger partial charge in [-0.1, -0.05) is 12.8 Å². The van der Waals surface area contributed by atoms with E-state index in [0.29, 0.717) is 17.5 Å². The Morgan fingerprint density at radius 2 is 1.83 bits per heavy atom.